The van der Waals surface area contributed by atoms with Crippen LogP contribution in [-0.4, -0.2) is 10.4 Å². The summed E-state index contributed by atoms with van der Waals surface area (Å²) in [5, 5.41) is 0. The fourth-order valence-electron chi connectivity index (χ4n) is 1.71. The molecule has 1 atom stereocenters. The molecule has 0 fully saturated rings. The lowest BCUT2D eigenvalue weighted by molar-refractivity contribution is 0.633. The minimum atomic E-state index is 0.267. The lowest BCUT2D eigenvalue weighted by Crippen LogP contribution is -2.22. The van der Waals surface area contributed by atoms with E-state index in [9.17, 15) is 0 Å². The molecule has 0 aliphatic carbocycles. The van der Waals surface area contributed by atoms with Crippen LogP contribution in [0.5, 0.6) is 0 Å². The maximum atomic E-state index is 5.95. The smallest absolute Gasteiger partial charge is 0.0452 e. The zero-order valence-electron chi connectivity index (χ0n) is 8.48. The van der Waals surface area contributed by atoms with Crippen molar-refractivity contribution in [2.75, 3.05) is 0 Å². The predicted octanol–water partition coefficient (Wildman–Crippen LogP) is 2.22. The molecule has 0 spiro atoms. The van der Waals surface area contributed by atoms with Crippen LogP contribution in [0.3, 0.4) is 0 Å². The summed E-state index contributed by atoms with van der Waals surface area (Å²) in [6.07, 6.45) is 4.06. The number of pyridine rings is 1. The lowest BCUT2D eigenvalue weighted by Gasteiger charge is -2.10. The summed E-state index contributed by atoms with van der Waals surface area (Å²) in [4.78, 5) is 0. The molecule has 0 amide bonds. The third-order valence-electron chi connectivity index (χ3n) is 2.64. The molecule has 2 aromatic heterocycles. The molecule has 2 heteroatoms. The van der Waals surface area contributed by atoms with E-state index in [2.05, 4.69) is 47.9 Å². The van der Waals surface area contributed by atoms with Crippen molar-refractivity contribution < 1.29 is 0 Å². The van der Waals surface area contributed by atoms with Gasteiger partial charge in [0.15, 0.2) is 0 Å². The molecule has 0 radical (unpaired) electrons. The van der Waals surface area contributed by atoms with Gasteiger partial charge in [-0.2, -0.15) is 0 Å². The second kappa shape index (κ2) is 3.84. The van der Waals surface area contributed by atoms with E-state index in [1.807, 2.05) is 0 Å². The first kappa shape index (κ1) is 9.28. The quantitative estimate of drug-likeness (QED) is 0.786. The minimum absolute atomic E-state index is 0.267. The van der Waals surface area contributed by atoms with Gasteiger partial charge in [-0.3, -0.25) is 0 Å². The van der Waals surface area contributed by atoms with E-state index in [-0.39, 0.29) is 6.04 Å². The van der Waals surface area contributed by atoms with Crippen LogP contribution in [0.15, 0.2) is 36.5 Å². The van der Waals surface area contributed by atoms with Gasteiger partial charge >= 0.3 is 0 Å². The Morgan fingerprint density at radius 1 is 1.29 bits per heavy atom. The molecule has 0 aliphatic heterocycles. The van der Waals surface area contributed by atoms with Gasteiger partial charge in [-0.25, -0.2) is 0 Å². The van der Waals surface area contributed by atoms with Crippen LogP contribution in [0, 0.1) is 0 Å². The maximum absolute atomic E-state index is 5.95. The maximum Gasteiger partial charge on any atom is 0.0452 e. The highest BCUT2D eigenvalue weighted by Crippen LogP contribution is 2.10. The summed E-state index contributed by atoms with van der Waals surface area (Å²) in [5.41, 5.74) is 8.49. The van der Waals surface area contributed by atoms with Crippen LogP contribution in [0.2, 0.25) is 0 Å². The number of hydrogen-bond donors (Lipinski definition) is 1. The first-order chi connectivity index (χ1) is 6.81. The van der Waals surface area contributed by atoms with Gasteiger partial charge in [0.25, 0.3) is 0 Å². The van der Waals surface area contributed by atoms with Gasteiger partial charge in [0.1, 0.15) is 0 Å². The summed E-state index contributed by atoms with van der Waals surface area (Å²) >= 11 is 0. The number of hydrogen-bond acceptors (Lipinski definition) is 1. The van der Waals surface area contributed by atoms with E-state index >= 15 is 0 Å². The molecule has 2 aromatic rings. The molecular formula is C12H16N2. The van der Waals surface area contributed by atoms with Crippen molar-refractivity contribution in [3.63, 3.8) is 0 Å². The van der Waals surface area contributed by atoms with E-state index in [1.54, 1.807) is 0 Å². The van der Waals surface area contributed by atoms with Gasteiger partial charge in [0.05, 0.1) is 0 Å². The van der Waals surface area contributed by atoms with Crippen molar-refractivity contribution in [1.29, 1.82) is 0 Å². The number of nitrogens with two attached hydrogens (primary N) is 1. The third kappa shape index (κ3) is 1.66. The van der Waals surface area contributed by atoms with Gasteiger partial charge in [-0.05, 0) is 30.7 Å². The van der Waals surface area contributed by atoms with E-state index in [0.717, 1.165) is 12.8 Å². The van der Waals surface area contributed by atoms with Crippen molar-refractivity contribution in [2.24, 2.45) is 5.73 Å². The summed E-state index contributed by atoms with van der Waals surface area (Å²) in [6.45, 7) is 2.13. The van der Waals surface area contributed by atoms with Crippen molar-refractivity contribution in [1.82, 2.24) is 4.40 Å². The van der Waals surface area contributed by atoms with Crippen molar-refractivity contribution in [2.45, 2.75) is 25.8 Å². The molecule has 74 valence electrons. The van der Waals surface area contributed by atoms with Crippen LogP contribution < -0.4 is 5.73 Å². The zero-order valence-corrected chi connectivity index (χ0v) is 8.48. The van der Waals surface area contributed by atoms with Gasteiger partial charge in [-0.15, -0.1) is 0 Å². The first-order valence-electron chi connectivity index (χ1n) is 5.12. The highest BCUT2D eigenvalue weighted by Gasteiger charge is 2.04. The molecule has 0 aliphatic rings. The largest absolute Gasteiger partial charge is 0.327 e. The standard InChI is InChI=1S/C12H16N2/c1-2-10(13)9-12-6-3-5-11-7-4-8-14(11)12/h3-8,10H,2,9,13H2,1H3. The minimum Gasteiger partial charge on any atom is -0.327 e. The summed E-state index contributed by atoms with van der Waals surface area (Å²) in [5.74, 6) is 0. The van der Waals surface area contributed by atoms with Crippen LogP contribution in [0.4, 0.5) is 0 Å². The Morgan fingerprint density at radius 3 is 2.86 bits per heavy atom. The Bertz CT molecular complexity index is 417. The van der Waals surface area contributed by atoms with E-state index in [4.69, 9.17) is 5.73 Å². The average molecular weight is 188 g/mol. The van der Waals surface area contributed by atoms with Crippen LogP contribution in [0.25, 0.3) is 5.52 Å². The Hall–Kier alpha value is -1.28. The number of nitrogens with zero attached hydrogens (tertiary/aromatic N) is 1. The Kier molecular flexibility index (Phi) is 2.55. The molecule has 1 unspecified atom stereocenters. The average Bonchev–Trinajstić information content (AvgIpc) is 2.66. The zero-order chi connectivity index (χ0) is 9.97. The van der Waals surface area contributed by atoms with Gasteiger partial charge in [0, 0.05) is 29.9 Å². The highest BCUT2D eigenvalue weighted by molar-refractivity contribution is 5.48. The van der Waals surface area contributed by atoms with Crippen molar-refractivity contribution >= 4 is 5.52 Å². The molecule has 14 heavy (non-hydrogen) atoms. The number of aromatic nitrogens is 1. The highest BCUT2D eigenvalue weighted by atomic mass is 14.9. The molecule has 0 saturated carbocycles. The van der Waals surface area contributed by atoms with Crippen molar-refractivity contribution in [3.8, 4) is 0 Å². The Labute approximate surface area is 84.3 Å². The summed E-state index contributed by atoms with van der Waals surface area (Å²) in [6, 6.07) is 10.8. The predicted molar refractivity (Wildman–Crippen MR) is 59.4 cm³/mol. The molecule has 0 aromatic carbocycles. The molecule has 2 nitrogen and oxygen atoms in total. The lowest BCUT2D eigenvalue weighted by atomic mass is 10.1. The first-order valence-corrected chi connectivity index (χ1v) is 5.12. The van der Waals surface area contributed by atoms with Crippen LogP contribution >= 0.6 is 0 Å². The van der Waals surface area contributed by atoms with Crippen LogP contribution in [0.1, 0.15) is 19.0 Å². The second-order valence-corrected chi connectivity index (χ2v) is 3.69. The van der Waals surface area contributed by atoms with Gasteiger partial charge in [0.2, 0.25) is 0 Å². The SMILES string of the molecule is CCC(N)Cc1cccc2cccn12. The third-order valence-corrected chi connectivity index (χ3v) is 2.64. The molecule has 2 rings (SSSR count). The van der Waals surface area contributed by atoms with Crippen LogP contribution in [-0.2, 0) is 6.42 Å². The number of rotatable bonds is 3. The summed E-state index contributed by atoms with van der Waals surface area (Å²) < 4.78 is 2.20. The monoisotopic (exact) mass is 188 g/mol. The fraction of sp³-hybridized carbons (Fsp3) is 0.333. The number of fused-ring (bicyclic) bond motifs is 1. The molecule has 2 heterocycles. The van der Waals surface area contributed by atoms with E-state index in [1.165, 1.54) is 11.2 Å². The molecule has 2 N–H and O–H groups in total. The second-order valence-electron chi connectivity index (χ2n) is 3.69. The van der Waals surface area contributed by atoms with E-state index in [0.29, 0.717) is 0 Å². The molecule has 0 saturated heterocycles. The summed E-state index contributed by atoms with van der Waals surface area (Å²) in [7, 11) is 0. The van der Waals surface area contributed by atoms with Crippen molar-refractivity contribution in [3.05, 3.63) is 42.2 Å². The van der Waals surface area contributed by atoms with E-state index < -0.39 is 0 Å². The molecular weight excluding hydrogens is 172 g/mol. The van der Waals surface area contributed by atoms with Gasteiger partial charge < -0.3 is 10.1 Å². The topological polar surface area (TPSA) is 30.4 Å². The van der Waals surface area contributed by atoms with Gasteiger partial charge in [-0.1, -0.05) is 13.0 Å². The Morgan fingerprint density at radius 2 is 2.07 bits per heavy atom. The normalized spacial score (nSPS) is 13.3. The molecule has 0 bridgehead atoms. The fourth-order valence-corrected chi connectivity index (χ4v) is 1.71. The Balaban J connectivity index is 2.36.